The van der Waals surface area contributed by atoms with E-state index in [0.717, 1.165) is 44.7 Å². The van der Waals surface area contributed by atoms with Crippen molar-refractivity contribution in [3.8, 4) is 0 Å². The molecular weight excluding hydrogens is 434 g/mol. The van der Waals surface area contributed by atoms with E-state index in [1.54, 1.807) is 11.8 Å². The summed E-state index contributed by atoms with van der Waals surface area (Å²) in [5.41, 5.74) is 1.89. The van der Waals surface area contributed by atoms with Crippen LogP contribution in [-0.2, 0) is 4.79 Å². The first-order valence-corrected chi connectivity index (χ1v) is 12.4. The number of fused-ring (bicyclic) bond motifs is 2. The monoisotopic (exact) mass is 455 g/mol. The summed E-state index contributed by atoms with van der Waals surface area (Å²) in [6.45, 7) is 0. The second-order valence-corrected chi connectivity index (χ2v) is 9.33. The molecule has 1 aromatic heterocycles. The van der Waals surface area contributed by atoms with E-state index >= 15 is 0 Å². The number of amides is 1. The Hall–Kier alpha value is -2.15. The lowest BCUT2D eigenvalue weighted by Gasteiger charge is -2.16. The van der Waals surface area contributed by atoms with E-state index in [0.29, 0.717) is 10.8 Å². The molecule has 1 atom stereocenters. The molecule has 0 spiro atoms. The predicted molar refractivity (Wildman–Crippen MR) is 130 cm³/mol. The molecule has 154 valence electrons. The maximum Gasteiger partial charge on any atom is 0.230 e. The van der Waals surface area contributed by atoms with Gasteiger partial charge in [0.25, 0.3) is 0 Å². The lowest BCUT2D eigenvalue weighted by Crippen LogP contribution is -2.31. The third-order valence-electron chi connectivity index (χ3n) is 4.86. The molecule has 0 radical (unpaired) electrons. The average molecular weight is 456 g/mol. The molecule has 4 nitrogen and oxygen atoms in total. The highest BCUT2D eigenvalue weighted by Gasteiger charge is 2.18. The second kappa shape index (κ2) is 9.77. The Morgan fingerprint density at radius 3 is 2.73 bits per heavy atom. The number of nitrogens with one attached hydrogen (secondary N) is 2. The number of hydrogen-bond acceptors (Lipinski definition) is 4. The van der Waals surface area contributed by atoms with Crippen LogP contribution in [0.4, 0.5) is 0 Å². The van der Waals surface area contributed by atoms with Crippen molar-refractivity contribution in [2.45, 2.75) is 17.4 Å². The number of halogens is 1. The third-order valence-corrected chi connectivity index (χ3v) is 6.87. The van der Waals surface area contributed by atoms with Crippen molar-refractivity contribution in [3.05, 3.63) is 71.5 Å². The molecule has 1 heterocycles. The summed E-state index contributed by atoms with van der Waals surface area (Å²) in [5.74, 6) is 2.04. The molecular formula is C23H22ClN3OS2. The highest BCUT2D eigenvalue weighted by Crippen LogP contribution is 2.33. The van der Waals surface area contributed by atoms with E-state index in [1.165, 1.54) is 11.8 Å². The van der Waals surface area contributed by atoms with Gasteiger partial charge in [-0.2, -0.15) is 11.8 Å². The van der Waals surface area contributed by atoms with Gasteiger partial charge in [-0.1, -0.05) is 48.0 Å². The standard InChI is InChI=1S/C23H22ClN3OS2/c1-29-13-12-19(23-26-17-9-2-3-10-18(17)27-23)25-21(28)14-30-20-11-5-7-15-6-4-8-16(24)22(15)20/h2-11,19H,12-14H2,1H3,(H,25,28)(H,26,27)/t19-/m1/s1. The summed E-state index contributed by atoms with van der Waals surface area (Å²) >= 11 is 9.67. The summed E-state index contributed by atoms with van der Waals surface area (Å²) in [7, 11) is 0. The Morgan fingerprint density at radius 1 is 1.13 bits per heavy atom. The van der Waals surface area contributed by atoms with E-state index in [9.17, 15) is 4.79 Å². The number of rotatable bonds is 8. The number of aromatic nitrogens is 2. The van der Waals surface area contributed by atoms with Crippen LogP contribution in [0.15, 0.2) is 65.6 Å². The van der Waals surface area contributed by atoms with Crippen LogP contribution in [-0.4, -0.2) is 33.6 Å². The van der Waals surface area contributed by atoms with Gasteiger partial charge in [0.1, 0.15) is 5.82 Å². The molecule has 0 fully saturated rings. The number of imidazole rings is 1. The van der Waals surface area contributed by atoms with E-state index in [2.05, 4.69) is 21.5 Å². The van der Waals surface area contributed by atoms with Crippen LogP contribution in [0, 0.1) is 0 Å². The van der Waals surface area contributed by atoms with Gasteiger partial charge in [0, 0.05) is 15.3 Å². The van der Waals surface area contributed by atoms with Crippen molar-refractivity contribution in [2.75, 3.05) is 17.8 Å². The van der Waals surface area contributed by atoms with E-state index in [1.807, 2.05) is 60.7 Å². The largest absolute Gasteiger partial charge is 0.345 e. The summed E-state index contributed by atoms with van der Waals surface area (Å²) in [5, 5.41) is 5.94. The fourth-order valence-electron chi connectivity index (χ4n) is 3.41. The minimum absolute atomic E-state index is 0.0179. The molecule has 0 aliphatic carbocycles. The number of carbonyl (C=O) groups is 1. The Bertz CT molecular complexity index is 1140. The van der Waals surface area contributed by atoms with Crippen molar-refractivity contribution in [3.63, 3.8) is 0 Å². The minimum atomic E-state index is -0.144. The fourth-order valence-corrected chi connectivity index (χ4v) is 5.14. The van der Waals surface area contributed by atoms with Gasteiger partial charge >= 0.3 is 0 Å². The zero-order valence-electron chi connectivity index (χ0n) is 16.5. The molecule has 0 aliphatic rings. The minimum Gasteiger partial charge on any atom is -0.345 e. The van der Waals surface area contributed by atoms with E-state index < -0.39 is 0 Å². The maximum absolute atomic E-state index is 12.8. The molecule has 0 aliphatic heterocycles. The molecule has 3 aromatic carbocycles. The van der Waals surface area contributed by atoms with Crippen molar-refractivity contribution in [2.24, 2.45) is 0 Å². The summed E-state index contributed by atoms with van der Waals surface area (Å²) in [6, 6.07) is 19.7. The number of carbonyl (C=O) groups excluding carboxylic acids is 1. The fraction of sp³-hybridized carbons (Fsp3) is 0.217. The summed E-state index contributed by atoms with van der Waals surface area (Å²) in [4.78, 5) is 21.8. The van der Waals surface area contributed by atoms with Crippen LogP contribution in [0.1, 0.15) is 18.3 Å². The van der Waals surface area contributed by atoms with Crippen LogP contribution in [0.25, 0.3) is 21.8 Å². The van der Waals surface area contributed by atoms with Gasteiger partial charge in [0.05, 0.1) is 22.8 Å². The van der Waals surface area contributed by atoms with Gasteiger partial charge in [-0.15, -0.1) is 11.8 Å². The van der Waals surface area contributed by atoms with Crippen molar-refractivity contribution < 1.29 is 4.79 Å². The SMILES string of the molecule is CSCC[C@@H](NC(=O)CSc1cccc2cccc(Cl)c12)c1nc2ccccc2[nH]1. The van der Waals surface area contributed by atoms with Crippen molar-refractivity contribution in [1.29, 1.82) is 0 Å². The molecule has 7 heteroatoms. The third kappa shape index (κ3) is 4.77. The number of thioether (sulfide) groups is 2. The van der Waals surface area contributed by atoms with Gasteiger partial charge in [0.2, 0.25) is 5.91 Å². The number of hydrogen-bond donors (Lipinski definition) is 2. The first-order valence-electron chi connectivity index (χ1n) is 9.68. The van der Waals surface area contributed by atoms with Gasteiger partial charge in [-0.05, 0) is 48.1 Å². The van der Waals surface area contributed by atoms with Gasteiger partial charge < -0.3 is 10.3 Å². The van der Waals surface area contributed by atoms with Crippen LogP contribution < -0.4 is 5.32 Å². The molecule has 0 unspecified atom stereocenters. The highest BCUT2D eigenvalue weighted by molar-refractivity contribution is 8.00. The first-order chi connectivity index (χ1) is 14.7. The molecule has 2 N–H and O–H groups in total. The Morgan fingerprint density at radius 2 is 1.93 bits per heavy atom. The zero-order valence-corrected chi connectivity index (χ0v) is 18.9. The maximum atomic E-state index is 12.8. The molecule has 0 bridgehead atoms. The van der Waals surface area contributed by atoms with Crippen LogP contribution in [0.3, 0.4) is 0 Å². The van der Waals surface area contributed by atoms with E-state index in [-0.39, 0.29) is 11.9 Å². The first kappa shape index (κ1) is 21.1. The lowest BCUT2D eigenvalue weighted by molar-refractivity contribution is -0.119. The number of aromatic amines is 1. The van der Waals surface area contributed by atoms with Crippen molar-refractivity contribution in [1.82, 2.24) is 15.3 Å². The number of nitrogens with zero attached hydrogens (tertiary/aromatic N) is 1. The van der Waals surface area contributed by atoms with Gasteiger partial charge in [-0.3, -0.25) is 4.79 Å². The van der Waals surface area contributed by atoms with Crippen LogP contribution in [0.5, 0.6) is 0 Å². The molecule has 4 rings (SSSR count). The smallest absolute Gasteiger partial charge is 0.230 e. The molecule has 0 saturated heterocycles. The Kier molecular flexibility index (Phi) is 6.87. The summed E-state index contributed by atoms with van der Waals surface area (Å²) in [6.07, 6.45) is 2.88. The van der Waals surface area contributed by atoms with Gasteiger partial charge in [-0.25, -0.2) is 4.98 Å². The normalized spacial score (nSPS) is 12.3. The Balaban J connectivity index is 1.48. The number of H-pyrrole nitrogens is 1. The van der Waals surface area contributed by atoms with Crippen LogP contribution >= 0.6 is 35.1 Å². The van der Waals surface area contributed by atoms with Gasteiger partial charge in [0.15, 0.2) is 0 Å². The predicted octanol–water partition coefficient (Wildman–Crippen LogP) is 6.07. The number of benzene rings is 3. The molecule has 4 aromatic rings. The average Bonchev–Trinajstić information content (AvgIpc) is 3.19. The summed E-state index contributed by atoms with van der Waals surface area (Å²) < 4.78 is 0. The van der Waals surface area contributed by atoms with Crippen LogP contribution in [0.2, 0.25) is 5.02 Å². The molecule has 0 saturated carbocycles. The molecule has 1 amide bonds. The van der Waals surface area contributed by atoms with Crippen molar-refractivity contribution >= 4 is 62.8 Å². The highest BCUT2D eigenvalue weighted by atomic mass is 35.5. The quantitative estimate of drug-likeness (QED) is 0.316. The molecule has 30 heavy (non-hydrogen) atoms. The zero-order chi connectivity index (χ0) is 20.9. The lowest BCUT2D eigenvalue weighted by atomic mass is 10.1. The Labute approximate surface area is 189 Å². The number of para-hydroxylation sites is 2. The van der Waals surface area contributed by atoms with E-state index in [4.69, 9.17) is 11.6 Å². The second-order valence-electron chi connectivity index (χ2n) is 6.92. The topological polar surface area (TPSA) is 57.8 Å².